The van der Waals surface area contributed by atoms with Crippen molar-refractivity contribution in [2.24, 2.45) is 0 Å². The summed E-state index contributed by atoms with van der Waals surface area (Å²) in [6.07, 6.45) is 8.31. The van der Waals surface area contributed by atoms with Gasteiger partial charge in [-0.15, -0.1) is 0 Å². The first-order valence-electron chi connectivity index (χ1n) is 12.4. The van der Waals surface area contributed by atoms with Crippen molar-refractivity contribution in [2.75, 3.05) is 13.1 Å². The molecule has 1 aromatic carbocycles. The number of imidazole rings is 1. The normalized spacial score (nSPS) is 19.5. The summed E-state index contributed by atoms with van der Waals surface area (Å²) in [6.45, 7) is 2.23. The zero-order valence-electron chi connectivity index (χ0n) is 20.5. The van der Waals surface area contributed by atoms with Gasteiger partial charge in [0.15, 0.2) is 5.78 Å². The van der Waals surface area contributed by atoms with Crippen LogP contribution in [0.4, 0.5) is 0 Å². The summed E-state index contributed by atoms with van der Waals surface area (Å²) in [7, 11) is 0. The van der Waals surface area contributed by atoms with Crippen LogP contribution in [0.5, 0.6) is 0 Å². The zero-order valence-corrected chi connectivity index (χ0v) is 20.5. The van der Waals surface area contributed by atoms with Crippen LogP contribution in [0.25, 0.3) is 5.69 Å². The topological polar surface area (TPSA) is 118 Å². The lowest BCUT2D eigenvalue weighted by Crippen LogP contribution is -2.52. The number of amides is 3. The van der Waals surface area contributed by atoms with Gasteiger partial charge in [-0.3, -0.25) is 24.2 Å². The number of pyridine rings is 1. The van der Waals surface area contributed by atoms with E-state index in [1.165, 1.54) is 11.1 Å². The number of Topliss-reactive ketones (excluding diaryl/α,β-unsaturated/α-hetero) is 1. The average Bonchev–Trinajstić information content (AvgIpc) is 3.67. The minimum absolute atomic E-state index is 0.0530. The second kappa shape index (κ2) is 10.3. The molecule has 0 spiro atoms. The molecule has 0 bridgehead atoms. The Labute approximate surface area is 214 Å². The van der Waals surface area contributed by atoms with Crippen LogP contribution in [-0.4, -0.2) is 79.1 Å². The summed E-state index contributed by atoms with van der Waals surface area (Å²) in [5.41, 5.74) is 1.57. The van der Waals surface area contributed by atoms with E-state index in [4.69, 9.17) is 0 Å². The van der Waals surface area contributed by atoms with Crippen molar-refractivity contribution in [3.05, 3.63) is 78.6 Å². The Balaban J connectivity index is 1.28. The van der Waals surface area contributed by atoms with Gasteiger partial charge < -0.3 is 19.7 Å². The number of carbonyl (C=O) groups excluding carboxylic acids is 4. The van der Waals surface area contributed by atoms with Crippen LogP contribution in [0.15, 0.2) is 67.4 Å². The average molecular weight is 501 g/mol. The van der Waals surface area contributed by atoms with E-state index in [2.05, 4.69) is 15.3 Å². The summed E-state index contributed by atoms with van der Waals surface area (Å²) in [5.74, 6) is -1.13. The smallest absolute Gasteiger partial charge is 0.273 e. The lowest BCUT2D eigenvalue weighted by atomic mass is 10.1. The highest BCUT2D eigenvalue weighted by Gasteiger charge is 2.52. The molecule has 5 rings (SSSR count). The number of ketones is 1. The largest absolute Gasteiger partial charge is 0.340 e. The van der Waals surface area contributed by atoms with Crippen molar-refractivity contribution in [1.29, 1.82) is 0 Å². The molecule has 4 heterocycles. The van der Waals surface area contributed by atoms with Crippen LogP contribution in [0.2, 0.25) is 0 Å². The van der Waals surface area contributed by atoms with Crippen molar-refractivity contribution in [1.82, 2.24) is 29.7 Å². The van der Waals surface area contributed by atoms with Gasteiger partial charge in [0.05, 0.1) is 18.9 Å². The minimum atomic E-state index is -0.766. The third-order valence-electron chi connectivity index (χ3n) is 6.96. The van der Waals surface area contributed by atoms with Crippen LogP contribution in [0.3, 0.4) is 0 Å². The van der Waals surface area contributed by atoms with E-state index in [1.807, 2.05) is 29.8 Å². The van der Waals surface area contributed by atoms with Gasteiger partial charge in [-0.25, -0.2) is 4.98 Å². The maximum absolute atomic E-state index is 13.6. The van der Waals surface area contributed by atoms with Crippen LogP contribution in [0, 0.1) is 0 Å². The SMILES string of the molecule is CCCC(NC(=O)c1ccc(-n2ccnc2)cc1)C(=O)N1CCC2C1C(=O)CN2C(=O)c1ccccn1. The van der Waals surface area contributed by atoms with Gasteiger partial charge >= 0.3 is 0 Å². The highest BCUT2D eigenvalue weighted by Crippen LogP contribution is 2.31. The quantitative estimate of drug-likeness (QED) is 0.529. The van der Waals surface area contributed by atoms with Crippen LogP contribution in [0.1, 0.15) is 47.0 Å². The molecule has 2 fully saturated rings. The predicted molar refractivity (Wildman–Crippen MR) is 134 cm³/mol. The van der Waals surface area contributed by atoms with Gasteiger partial charge in [-0.1, -0.05) is 19.4 Å². The number of rotatable bonds is 7. The summed E-state index contributed by atoms with van der Waals surface area (Å²) >= 11 is 0. The highest BCUT2D eigenvalue weighted by molar-refractivity contribution is 6.03. The van der Waals surface area contributed by atoms with Crippen molar-refractivity contribution < 1.29 is 19.2 Å². The molecular weight excluding hydrogens is 472 g/mol. The van der Waals surface area contributed by atoms with E-state index >= 15 is 0 Å². The molecule has 0 aliphatic carbocycles. The molecule has 0 radical (unpaired) electrons. The lowest BCUT2D eigenvalue weighted by molar-refractivity contribution is -0.138. The van der Waals surface area contributed by atoms with Crippen molar-refractivity contribution in [3.63, 3.8) is 0 Å². The molecule has 2 aliphatic rings. The number of hydrogen-bond donors (Lipinski definition) is 1. The zero-order chi connectivity index (χ0) is 25.9. The van der Waals surface area contributed by atoms with E-state index in [9.17, 15) is 19.2 Å². The third kappa shape index (κ3) is 4.74. The lowest BCUT2D eigenvalue weighted by Gasteiger charge is -2.28. The molecule has 190 valence electrons. The van der Waals surface area contributed by atoms with Crippen molar-refractivity contribution in [2.45, 2.75) is 44.3 Å². The summed E-state index contributed by atoms with van der Waals surface area (Å²) in [6, 6.07) is 10.2. The maximum atomic E-state index is 13.6. The van der Waals surface area contributed by atoms with E-state index in [-0.39, 0.29) is 41.8 Å². The highest BCUT2D eigenvalue weighted by atomic mass is 16.2. The van der Waals surface area contributed by atoms with Gasteiger partial charge in [0.25, 0.3) is 11.8 Å². The summed E-state index contributed by atoms with van der Waals surface area (Å²) in [4.78, 5) is 63.8. The minimum Gasteiger partial charge on any atom is -0.340 e. The van der Waals surface area contributed by atoms with Crippen molar-refractivity contribution in [3.8, 4) is 5.69 Å². The second-order valence-electron chi connectivity index (χ2n) is 9.28. The number of hydrogen-bond acceptors (Lipinski definition) is 6. The Morgan fingerprint density at radius 1 is 1.08 bits per heavy atom. The van der Waals surface area contributed by atoms with E-state index in [1.54, 1.807) is 47.8 Å². The van der Waals surface area contributed by atoms with Crippen molar-refractivity contribution >= 4 is 23.5 Å². The number of nitrogens with zero attached hydrogens (tertiary/aromatic N) is 5. The fourth-order valence-corrected chi connectivity index (χ4v) is 5.16. The van der Waals surface area contributed by atoms with Gasteiger partial charge in [-0.2, -0.15) is 0 Å². The molecule has 3 unspecified atom stereocenters. The van der Waals surface area contributed by atoms with Crippen LogP contribution >= 0.6 is 0 Å². The molecule has 10 heteroatoms. The van der Waals surface area contributed by atoms with E-state index < -0.39 is 12.1 Å². The van der Waals surface area contributed by atoms with Crippen LogP contribution in [-0.2, 0) is 9.59 Å². The number of fused-ring (bicyclic) bond motifs is 1. The van der Waals surface area contributed by atoms with Gasteiger partial charge in [-0.05, 0) is 49.2 Å². The van der Waals surface area contributed by atoms with Gasteiger partial charge in [0.1, 0.15) is 17.8 Å². The molecule has 0 saturated carbocycles. The van der Waals surface area contributed by atoms with E-state index in [0.29, 0.717) is 31.4 Å². The Morgan fingerprint density at radius 3 is 2.57 bits per heavy atom. The summed E-state index contributed by atoms with van der Waals surface area (Å²) < 4.78 is 1.83. The number of benzene rings is 1. The number of carbonyl (C=O) groups is 4. The molecule has 3 atom stereocenters. The first-order valence-corrected chi connectivity index (χ1v) is 12.4. The fourth-order valence-electron chi connectivity index (χ4n) is 5.16. The van der Waals surface area contributed by atoms with Crippen LogP contribution < -0.4 is 5.32 Å². The third-order valence-corrected chi connectivity index (χ3v) is 6.96. The molecule has 1 N–H and O–H groups in total. The fraction of sp³-hybridized carbons (Fsp3) is 0.333. The molecule has 2 aliphatic heterocycles. The Hall–Kier alpha value is -4.34. The first-order chi connectivity index (χ1) is 18.0. The van der Waals surface area contributed by atoms with Gasteiger partial charge in [0, 0.05) is 36.4 Å². The summed E-state index contributed by atoms with van der Waals surface area (Å²) in [5, 5.41) is 2.87. The Morgan fingerprint density at radius 2 is 1.89 bits per heavy atom. The molecule has 3 aromatic rings. The molecule has 2 saturated heterocycles. The van der Waals surface area contributed by atoms with Gasteiger partial charge in [0.2, 0.25) is 5.91 Å². The standard InChI is InChI=1S/C27H28N6O4/c1-2-5-21(30-25(35)18-7-9-19(10-8-18)31-15-13-28-17-31)27(37)32-14-11-22-24(32)23(34)16-33(22)26(36)20-6-3-4-12-29-20/h3-4,6-10,12-13,15,17,21-22,24H,2,5,11,14,16H2,1H3,(H,30,35). The monoisotopic (exact) mass is 500 g/mol. The molecular formula is C27H28N6O4. The maximum Gasteiger partial charge on any atom is 0.273 e. The Kier molecular flexibility index (Phi) is 6.80. The number of likely N-dealkylation sites (tertiary alicyclic amines) is 2. The molecule has 2 aromatic heterocycles. The first kappa shape index (κ1) is 24.4. The molecule has 10 nitrogen and oxygen atoms in total. The number of aromatic nitrogens is 3. The molecule has 37 heavy (non-hydrogen) atoms. The number of nitrogens with one attached hydrogen (secondary N) is 1. The molecule has 3 amide bonds. The second-order valence-corrected chi connectivity index (χ2v) is 9.28. The predicted octanol–water partition coefficient (Wildman–Crippen LogP) is 1.86. The Bertz CT molecular complexity index is 1290. The van der Waals surface area contributed by atoms with E-state index in [0.717, 1.165) is 5.69 Å².